The van der Waals surface area contributed by atoms with Gasteiger partial charge in [0.15, 0.2) is 10.3 Å². The summed E-state index contributed by atoms with van der Waals surface area (Å²) in [6.45, 7) is 3.62. The number of thiocarbonyl (C=S) groups is 1. The van der Waals surface area contributed by atoms with Gasteiger partial charge in [-0.3, -0.25) is 9.05 Å². The van der Waals surface area contributed by atoms with Gasteiger partial charge in [0.25, 0.3) is 0 Å². The molecule has 0 aliphatic heterocycles. The number of rotatable bonds is 7. The molecule has 0 saturated heterocycles. The molecule has 106 valence electrons. The van der Waals surface area contributed by atoms with E-state index < -0.39 is 7.82 Å². The van der Waals surface area contributed by atoms with Crippen LogP contribution in [0.1, 0.15) is 13.8 Å². The van der Waals surface area contributed by atoms with Gasteiger partial charge in [-0.2, -0.15) is 0 Å². The van der Waals surface area contributed by atoms with Crippen molar-refractivity contribution in [2.75, 3.05) is 27.3 Å². The van der Waals surface area contributed by atoms with Gasteiger partial charge in [0.2, 0.25) is 0 Å². The smallest absolute Gasteiger partial charge is 0.398 e. The highest BCUT2D eigenvalue weighted by Crippen LogP contribution is 2.52. The lowest BCUT2D eigenvalue weighted by Crippen LogP contribution is -2.23. The van der Waals surface area contributed by atoms with Gasteiger partial charge in [-0.05, 0) is 13.8 Å². The van der Waals surface area contributed by atoms with Crippen molar-refractivity contribution < 1.29 is 18.1 Å². The molecule has 0 aromatic heterocycles. The van der Waals surface area contributed by atoms with Gasteiger partial charge in [-0.1, -0.05) is 35.4 Å². The summed E-state index contributed by atoms with van der Waals surface area (Å²) in [4.78, 5) is 1.73. The second-order valence-electron chi connectivity index (χ2n) is 3.16. The maximum atomic E-state index is 12.2. The van der Waals surface area contributed by atoms with Gasteiger partial charge in [-0.25, -0.2) is 4.57 Å². The molecule has 0 aliphatic rings. The van der Waals surface area contributed by atoms with Gasteiger partial charge >= 0.3 is 7.82 Å². The molecular formula is C9H16Cl2NO4PS. The van der Waals surface area contributed by atoms with E-state index in [1.807, 2.05) is 0 Å². The second kappa shape index (κ2) is 8.35. The summed E-state index contributed by atoms with van der Waals surface area (Å²) in [7, 11) is -0.413. The van der Waals surface area contributed by atoms with Crippen molar-refractivity contribution in [1.29, 1.82) is 0 Å². The highest BCUT2D eigenvalue weighted by molar-refractivity contribution is 7.80. The molecule has 0 aromatic carbocycles. The zero-order valence-corrected chi connectivity index (χ0v) is 13.8. The van der Waals surface area contributed by atoms with Crippen LogP contribution in [0.5, 0.6) is 0 Å². The molecule has 9 heteroatoms. The van der Waals surface area contributed by atoms with Crippen LogP contribution in [0, 0.1) is 0 Å². The summed E-state index contributed by atoms with van der Waals surface area (Å²) >= 11 is 16.4. The van der Waals surface area contributed by atoms with Gasteiger partial charge in [0.05, 0.1) is 13.2 Å². The molecule has 0 N–H and O–H groups in total. The number of phosphoric ester groups is 1. The fourth-order valence-electron chi connectivity index (χ4n) is 0.875. The number of hydrogen-bond acceptors (Lipinski definition) is 5. The van der Waals surface area contributed by atoms with E-state index in [2.05, 4.69) is 0 Å². The summed E-state index contributed by atoms with van der Waals surface area (Å²) in [6.07, 6.45) is 0. The normalized spacial score (nSPS) is 11.0. The zero-order chi connectivity index (χ0) is 14.3. The monoisotopic (exact) mass is 335 g/mol. The maximum Gasteiger partial charge on any atom is 0.530 e. The Balaban J connectivity index is 5.15. The number of phosphoric acid groups is 1. The van der Waals surface area contributed by atoms with Crippen molar-refractivity contribution in [1.82, 2.24) is 4.90 Å². The predicted octanol–water partition coefficient (Wildman–Crippen LogP) is 3.72. The molecule has 0 heterocycles. The topological polar surface area (TPSA) is 48.0 Å². The standard InChI is InChI=1S/C9H16Cl2NO4PS/c1-5-14-17(13,15-6-2)16-7(8(10)11)9(18)12(3)4/h5-6H2,1-4H3. The molecule has 0 aliphatic carbocycles. The first-order chi connectivity index (χ1) is 8.27. The van der Waals surface area contributed by atoms with E-state index in [0.29, 0.717) is 0 Å². The van der Waals surface area contributed by atoms with Crippen LogP contribution >= 0.6 is 43.2 Å². The van der Waals surface area contributed by atoms with E-state index >= 15 is 0 Å². The largest absolute Gasteiger partial charge is 0.530 e. The lowest BCUT2D eigenvalue weighted by Gasteiger charge is -2.22. The molecule has 0 bridgehead atoms. The summed E-state index contributed by atoms with van der Waals surface area (Å²) < 4.78 is 27.0. The van der Waals surface area contributed by atoms with Crippen LogP contribution in [0.15, 0.2) is 10.3 Å². The summed E-state index contributed by atoms with van der Waals surface area (Å²) in [5.74, 6) is -0.108. The molecular weight excluding hydrogens is 320 g/mol. The first-order valence-corrected chi connectivity index (χ1v) is 7.75. The third-order valence-corrected chi connectivity index (χ3v) is 4.00. The molecule has 0 saturated carbocycles. The SMILES string of the molecule is CCOP(=O)(OCC)OC(C(=S)N(C)C)=C(Cl)Cl. The van der Waals surface area contributed by atoms with Crippen LogP contribution in [0.2, 0.25) is 0 Å². The Bertz CT molecular complexity index is 362. The predicted molar refractivity (Wildman–Crippen MR) is 77.0 cm³/mol. The highest BCUT2D eigenvalue weighted by atomic mass is 35.5. The highest BCUT2D eigenvalue weighted by Gasteiger charge is 2.31. The third kappa shape index (κ3) is 5.87. The molecule has 0 fully saturated rings. The number of hydrogen-bond donors (Lipinski definition) is 0. The van der Waals surface area contributed by atoms with Crippen molar-refractivity contribution in [3.05, 3.63) is 10.3 Å². The Kier molecular flexibility index (Phi) is 8.43. The van der Waals surface area contributed by atoms with Crippen molar-refractivity contribution in [3.63, 3.8) is 0 Å². The number of likely N-dealkylation sites (N-methyl/N-ethyl adjacent to an activating group) is 1. The molecule has 0 aromatic rings. The molecule has 0 spiro atoms. The molecule has 5 nitrogen and oxygen atoms in total. The lowest BCUT2D eigenvalue weighted by atomic mass is 10.5. The maximum absolute atomic E-state index is 12.2. The van der Waals surface area contributed by atoms with E-state index in [-0.39, 0.29) is 28.5 Å². The van der Waals surface area contributed by atoms with E-state index in [1.54, 1.807) is 27.9 Å². The summed E-state index contributed by atoms with van der Waals surface area (Å²) in [5.41, 5.74) is 0. The second-order valence-corrected chi connectivity index (χ2v) is 6.09. The Morgan fingerprint density at radius 1 is 1.22 bits per heavy atom. The molecule has 0 unspecified atom stereocenters. The lowest BCUT2D eigenvalue weighted by molar-refractivity contribution is 0.149. The average molecular weight is 336 g/mol. The minimum atomic E-state index is -3.76. The molecule has 0 radical (unpaired) electrons. The van der Waals surface area contributed by atoms with Gasteiger partial charge in [-0.15, -0.1) is 0 Å². The van der Waals surface area contributed by atoms with Gasteiger partial charge in [0.1, 0.15) is 4.99 Å². The van der Waals surface area contributed by atoms with E-state index in [4.69, 9.17) is 49.0 Å². The first-order valence-electron chi connectivity index (χ1n) is 5.13. The van der Waals surface area contributed by atoms with Crippen molar-refractivity contribution in [2.24, 2.45) is 0 Å². The molecule has 0 rings (SSSR count). The zero-order valence-electron chi connectivity index (χ0n) is 10.6. The Labute approximate surface area is 123 Å². The molecule has 0 amide bonds. The molecule has 0 atom stereocenters. The van der Waals surface area contributed by atoms with Crippen LogP contribution in [-0.4, -0.2) is 37.2 Å². The first kappa shape index (κ1) is 18.2. The minimum Gasteiger partial charge on any atom is -0.398 e. The summed E-state index contributed by atoms with van der Waals surface area (Å²) in [6, 6.07) is 0. The molecule has 18 heavy (non-hydrogen) atoms. The average Bonchev–Trinajstić information content (AvgIpc) is 2.25. The Morgan fingerprint density at radius 2 is 1.67 bits per heavy atom. The van der Waals surface area contributed by atoms with Crippen LogP contribution in [-0.2, 0) is 18.1 Å². The van der Waals surface area contributed by atoms with Gasteiger partial charge < -0.3 is 9.42 Å². The minimum absolute atomic E-state index is 0.108. The van der Waals surface area contributed by atoms with Gasteiger partial charge in [0, 0.05) is 14.1 Å². The van der Waals surface area contributed by atoms with E-state index in [9.17, 15) is 4.57 Å². The van der Waals surface area contributed by atoms with Crippen LogP contribution in [0.3, 0.4) is 0 Å². The van der Waals surface area contributed by atoms with Crippen molar-refractivity contribution in [3.8, 4) is 0 Å². The number of nitrogens with zero attached hydrogens (tertiary/aromatic N) is 1. The fraction of sp³-hybridized carbons (Fsp3) is 0.667. The third-order valence-electron chi connectivity index (χ3n) is 1.55. The van der Waals surface area contributed by atoms with Crippen molar-refractivity contribution >= 4 is 48.2 Å². The summed E-state index contributed by atoms with van der Waals surface area (Å²) in [5, 5.41) is 0. The quantitative estimate of drug-likeness (QED) is 0.306. The Hall–Kier alpha value is 0.160. The van der Waals surface area contributed by atoms with E-state index in [1.165, 1.54) is 4.90 Å². The Morgan fingerprint density at radius 3 is 1.94 bits per heavy atom. The van der Waals surface area contributed by atoms with E-state index in [0.717, 1.165) is 0 Å². The van der Waals surface area contributed by atoms with Crippen LogP contribution in [0.25, 0.3) is 0 Å². The van der Waals surface area contributed by atoms with Crippen LogP contribution in [0.4, 0.5) is 0 Å². The van der Waals surface area contributed by atoms with Crippen molar-refractivity contribution in [2.45, 2.75) is 13.8 Å². The van der Waals surface area contributed by atoms with Crippen LogP contribution < -0.4 is 0 Å². The fourth-order valence-corrected chi connectivity index (χ4v) is 2.77. The number of halogens is 2.